The van der Waals surface area contributed by atoms with Crippen molar-refractivity contribution in [2.24, 2.45) is 0 Å². The van der Waals surface area contributed by atoms with Crippen LogP contribution in [0.1, 0.15) is 30.2 Å². The van der Waals surface area contributed by atoms with Crippen molar-refractivity contribution in [1.29, 1.82) is 0 Å². The van der Waals surface area contributed by atoms with Crippen molar-refractivity contribution >= 4 is 33.2 Å². The third kappa shape index (κ3) is 3.14. The molecule has 2 rings (SSSR count). The SMILES string of the molecule is CC(C)n1cc(NC(=O)c2ccc(Br)c(N)c2)cn1. The van der Waals surface area contributed by atoms with Gasteiger partial charge in [-0.3, -0.25) is 9.48 Å². The van der Waals surface area contributed by atoms with E-state index >= 15 is 0 Å². The van der Waals surface area contributed by atoms with Crippen molar-refractivity contribution in [1.82, 2.24) is 9.78 Å². The van der Waals surface area contributed by atoms with Crippen LogP contribution in [0.2, 0.25) is 0 Å². The van der Waals surface area contributed by atoms with Gasteiger partial charge < -0.3 is 11.1 Å². The minimum absolute atomic E-state index is 0.206. The second-order valence-electron chi connectivity index (χ2n) is 4.49. The molecule has 0 fully saturated rings. The van der Waals surface area contributed by atoms with Crippen LogP contribution in [0.4, 0.5) is 11.4 Å². The van der Waals surface area contributed by atoms with Crippen LogP contribution < -0.4 is 11.1 Å². The van der Waals surface area contributed by atoms with Crippen LogP contribution in [0.15, 0.2) is 35.1 Å². The van der Waals surface area contributed by atoms with Crippen molar-refractivity contribution < 1.29 is 4.79 Å². The second-order valence-corrected chi connectivity index (χ2v) is 5.35. The number of carbonyl (C=O) groups is 1. The molecule has 3 N–H and O–H groups in total. The van der Waals surface area contributed by atoms with E-state index in [0.717, 1.165) is 4.47 Å². The first-order chi connectivity index (χ1) is 8.97. The van der Waals surface area contributed by atoms with E-state index in [9.17, 15) is 4.79 Å². The highest BCUT2D eigenvalue weighted by atomic mass is 79.9. The number of anilines is 2. The minimum Gasteiger partial charge on any atom is -0.398 e. The standard InChI is InChI=1S/C13H15BrN4O/c1-8(2)18-7-10(6-16-18)17-13(19)9-3-4-11(14)12(15)5-9/h3-8H,15H2,1-2H3,(H,17,19). The molecule has 0 aliphatic rings. The van der Waals surface area contributed by atoms with Gasteiger partial charge in [-0.2, -0.15) is 5.10 Å². The molecule has 0 saturated heterocycles. The van der Waals surface area contributed by atoms with Crippen LogP contribution in [-0.4, -0.2) is 15.7 Å². The van der Waals surface area contributed by atoms with Gasteiger partial charge in [-0.05, 0) is 48.0 Å². The highest BCUT2D eigenvalue weighted by Gasteiger charge is 2.09. The van der Waals surface area contributed by atoms with Gasteiger partial charge in [0.05, 0.1) is 11.9 Å². The highest BCUT2D eigenvalue weighted by Crippen LogP contribution is 2.21. The zero-order valence-corrected chi connectivity index (χ0v) is 12.3. The topological polar surface area (TPSA) is 72.9 Å². The number of amides is 1. The van der Waals surface area contributed by atoms with E-state index in [2.05, 4.69) is 26.3 Å². The summed E-state index contributed by atoms with van der Waals surface area (Å²) in [6, 6.07) is 5.35. The third-order valence-corrected chi connectivity index (χ3v) is 3.37. The number of nitrogens with one attached hydrogen (secondary N) is 1. The second kappa shape index (κ2) is 5.44. The first kappa shape index (κ1) is 13.6. The maximum atomic E-state index is 12.0. The first-order valence-corrected chi connectivity index (χ1v) is 6.67. The Morgan fingerprint density at radius 3 is 2.79 bits per heavy atom. The van der Waals surface area contributed by atoms with E-state index in [1.54, 1.807) is 35.3 Å². The molecular weight excluding hydrogens is 308 g/mol. The van der Waals surface area contributed by atoms with E-state index in [4.69, 9.17) is 5.73 Å². The molecule has 6 heteroatoms. The van der Waals surface area contributed by atoms with Crippen LogP contribution in [0.5, 0.6) is 0 Å². The summed E-state index contributed by atoms with van der Waals surface area (Å²) < 4.78 is 2.56. The van der Waals surface area contributed by atoms with Crippen molar-refractivity contribution in [3.63, 3.8) is 0 Å². The molecule has 1 aromatic carbocycles. The van der Waals surface area contributed by atoms with Crippen LogP contribution in [0, 0.1) is 0 Å². The molecule has 100 valence electrons. The summed E-state index contributed by atoms with van der Waals surface area (Å²) in [5.41, 5.74) is 7.46. The average Bonchev–Trinajstić information content (AvgIpc) is 2.81. The average molecular weight is 323 g/mol. The zero-order valence-electron chi connectivity index (χ0n) is 10.7. The van der Waals surface area contributed by atoms with Crippen molar-refractivity contribution in [2.75, 3.05) is 11.1 Å². The molecule has 0 saturated carbocycles. The molecule has 5 nitrogen and oxygen atoms in total. The summed E-state index contributed by atoms with van der Waals surface area (Å²) in [6.45, 7) is 4.04. The largest absolute Gasteiger partial charge is 0.398 e. The molecule has 19 heavy (non-hydrogen) atoms. The summed E-state index contributed by atoms with van der Waals surface area (Å²) in [7, 11) is 0. The van der Waals surface area contributed by atoms with Crippen LogP contribution in [0.3, 0.4) is 0 Å². The fourth-order valence-corrected chi connectivity index (χ4v) is 1.82. The lowest BCUT2D eigenvalue weighted by atomic mass is 10.2. The summed E-state index contributed by atoms with van der Waals surface area (Å²) in [5.74, 6) is -0.206. The van der Waals surface area contributed by atoms with E-state index in [1.807, 2.05) is 13.8 Å². The molecule has 2 aromatic rings. The number of hydrogen-bond donors (Lipinski definition) is 2. The molecule has 0 atom stereocenters. The molecule has 0 unspecified atom stereocenters. The summed E-state index contributed by atoms with van der Waals surface area (Å²) in [5, 5.41) is 6.95. The third-order valence-electron chi connectivity index (χ3n) is 2.65. The Bertz CT molecular complexity index is 606. The van der Waals surface area contributed by atoms with Gasteiger partial charge in [0.15, 0.2) is 0 Å². The van der Waals surface area contributed by atoms with Gasteiger partial charge >= 0.3 is 0 Å². The van der Waals surface area contributed by atoms with Gasteiger partial charge in [0.25, 0.3) is 5.91 Å². The Morgan fingerprint density at radius 2 is 2.21 bits per heavy atom. The van der Waals surface area contributed by atoms with E-state index in [-0.39, 0.29) is 11.9 Å². The predicted molar refractivity (Wildman–Crippen MR) is 79.1 cm³/mol. The molecule has 1 amide bonds. The monoisotopic (exact) mass is 322 g/mol. The molecule has 0 radical (unpaired) electrons. The number of nitrogens with two attached hydrogens (primary N) is 1. The quantitative estimate of drug-likeness (QED) is 0.853. The number of nitrogen functional groups attached to an aromatic ring is 1. The molecule has 1 aromatic heterocycles. The fourth-order valence-electron chi connectivity index (χ4n) is 1.57. The lowest BCUT2D eigenvalue weighted by molar-refractivity contribution is 0.102. The Kier molecular flexibility index (Phi) is 3.90. The lowest BCUT2D eigenvalue weighted by Gasteiger charge is -2.05. The first-order valence-electron chi connectivity index (χ1n) is 5.88. The zero-order chi connectivity index (χ0) is 14.0. The van der Waals surface area contributed by atoms with Gasteiger partial charge in [0, 0.05) is 28.0 Å². The fraction of sp³-hybridized carbons (Fsp3) is 0.231. The van der Waals surface area contributed by atoms with Crippen molar-refractivity contribution in [3.05, 3.63) is 40.6 Å². The minimum atomic E-state index is -0.206. The molecule has 1 heterocycles. The van der Waals surface area contributed by atoms with Gasteiger partial charge in [-0.15, -0.1) is 0 Å². The number of carbonyl (C=O) groups excluding carboxylic acids is 1. The Morgan fingerprint density at radius 1 is 1.47 bits per heavy atom. The van der Waals surface area contributed by atoms with Crippen molar-refractivity contribution in [3.8, 4) is 0 Å². The highest BCUT2D eigenvalue weighted by molar-refractivity contribution is 9.10. The van der Waals surface area contributed by atoms with Crippen LogP contribution >= 0.6 is 15.9 Å². The summed E-state index contributed by atoms with van der Waals surface area (Å²) in [6.07, 6.45) is 3.42. The van der Waals surface area contributed by atoms with Gasteiger partial charge in [-0.1, -0.05) is 0 Å². The van der Waals surface area contributed by atoms with E-state index < -0.39 is 0 Å². The smallest absolute Gasteiger partial charge is 0.255 e. The Hall–Kier alpha value is -1.82. The Balaban J connectivity index is 2.13. The number of hydrogen-bond acceptors (Lipinski definition) is 3. The number of rotatable bonds is 3. The van der Waals surface area contributed by atoms with Gasteiger partial charge in [0.2, 0.25) is 0 Å². The number of aromatic nitrogens is 2. The normalized spacial score (nSPS) is 10.7. The number of benzene rings is 1. The van der Waals surface area contributed by atoms with Crippen LogP contribution in [0.25, 0.3) is 0 Å². The Labute approximate surface area is 119 Å². The molecular formula is C13H15BrN4O. The van der Waals surface area contributed by atoms with Gasteiger partial charge in [-0.25, -0.2) is 0 Å². The van der Waals surface area contributed by atoms with Crippen molar-refractivity contribution in [2.45, 2.75) is 19.9 Å². The molecule has 0 bridgehead atoms. The molecule has 0 spiro atoms. The predicted octanol–water partition coefficient (Wildman–Crippen LogP) is 3.06. The van der Waals surface area contributed by atoms with Crippen LogP contribution in [-0.2, 0) is 0 Å². The number of nitrogens with zero attached hydrogens (tertiary/aromatic N) is 2. The summed E-state index contributed by atoms with van der Waals surface area (Å²) in [4.78, 5) is 12.0. The van der Waals surface area contributed by atoms with E-state index in [0.29, 0.717) is 16.9 Å². The van der Waals surface area contributed by atoms with Gasteiger partial charge in [0.1, 0.15) is 0 Å². The number of halogens is 1. The molecule has 0 aliphatic heterocycles. The summed E-state index contributed by atoms with van der Waals surface area (Å²) >= 11 is 3.29. The maximum Gasteiger partial charge on any atom is 0.255 e. The van der Waals surface area contributed by atoms with E-state index in [1.165, 1.54) is 0 Å². The molecule has 0 aliphatic carbocycles. The lowest BCUT2D eigenvalue weighted by Crippen LogP contribution is -2.11. The maximum absolute atomic E-state index is 12.0.